The Morgan fingerprint density at radius 2 is 1.60 bits per heavy atom. The molecule has 2 heterocycles. The maximum absolute atomic E-state index is 13.0. The first-order chi connectivity index (χ1) is 20.1. The molecule has 1 aliphatic carbocycles. The quantitative estimate of drug-likeness (QED) is 0.481. The third-order valence-corrected chi connectivity index (χ3v) is 8.67. The molecule has 0 radical (unpaired) electrons. The predicted molar refractivity (Wildman–Crippen MR) is 165 cm³/mol. The fourth-order valence-electron chi connectivity index (χ4n) is 5.91. The summed E-state index contributed by atoms with van der Waals surface area (Å²) >= 11 is 6.16. The summed E-state index contributed by atoms with van der Waals surface area (Å²) in [4.78, 5) is 31.8. The van der Waals surface area contributed by atoms with E-state index in [1.807, 2.05) is 51.1 Å². The van der Waals surface area contributed by atoms with Crippen molar-refractivity contribution in [2.24, 2.45) is 0 Å². The van der Waals surface area contributed by atoms with Crippen LogP contribution in [-0.2, 0) is 4.74 Å². The molecule has 2 aliphatic heterocycles. The van der Waals surface area contributed by atoms with Crippen LogP contribution < -0.4 is 15.5 Å². The smallest absolute Gasteiger partial charge is 0.410 e. The van der Waals surface area contributed by atoms with E-state index in [4.69, 9.17) is 21.6 Å². The van der Waals surface area contributed by atoms with Crippen LogP contribution in [0.2, 0.25) is 5.02 Å². The summed E-state index contributed by atoms with van der Waals surface area (Å²) in [6.07, 6.45) is 3.50. The van der Waals surface area contributed by atoms with Crippen LogP contribution in [0.15, 0.2) is 42.5 Å². The molecule has 42 heavy (non-hydrogen) atoms. The van der Waals surface area contributed by atoms with E-state index in [9.17, 15) is 9.59 Å². The van der Waals surface area contributed by atoms with Gasteiger partial charge in [-0.25, -0.2) is 4.79 Å². The lowest BCUT2D eigenvalue weighted by Gasteiger charge is -2.48. The van der Waals surface area contributed by atoms with Crippen LogP contribution in [0.25, 0.3) is 0 Å². The van der Waals surface area contributed by atoms with Crippen LogP contribution in [0, 0.1) is 11.3 Å². The van der Waals surface area contributed by atoms with Gasteiger partial charge in [0.25, 0.3) is 5.91 Å². The van der Waals surface area contributed by atoms with Crippen molar-refractivity contribution in [2.45, 2.75) is 70.2 Å². The van der Waals surface area contributed by atoms with Crippen molar-refractivity contribution < 1.29 is 14.3 Å². The van der Waals surface area contributed by atoms with Gasteiger partial charge in [-0.05, 0) is 88.9 Å². The second-order valence-corrected chi connectivity index (χ2v) is 13.0. The second kappa shape index (κ2) is 12.8. The Bertz CT molecular complexity index is 1300. The number of hydrogen-bond acceptors (Lipinski definition) is 7. The first kappa shape index (κ1) is 30.0. The molecule has 3 aliphatic rings. The van der Waals surface area contributed by atoms with E-state index < -0.39 is 5.60 Å². The molecule has 9 nitrogen and oxygen atoms in total. The summed E-state index contributed by atoms with van der Waals surface area (Å²) in [6.45, 7) is 10.9. The van der Waals surface area contributed by atoms with Gasteiger partial charge in [-0.3, -0.25) is 9.69 Å². The zero-order chi connectivity index (χ0) is 29.9. The zero-order valence-corrected chi connectivity index (χ0v) is 25.5. The van der Waals surface area contributed by atoms with Gasteiger partial charge in [-0.1, -0.05) is 11.6 Å². The Kier molecular flexibility index (Phi) is 9.14. The molecular weight excluding hydrogens is 552 g/mol. The number of hydrogen-bond donors (Lipinski definition) is 2. The number of carbonyl (C=O) groups is 2. The van der Waals surface area contributed by atoms with E-state index in [0.717, 1.165) is 76.3 Å². The average Bonchev–Trinajstić information content (AvgIpc) is 2.93. The summed E-state index contributed by atoms with van der Waals surface area (Å²) in [7, 11) is 0. The van der Waals surface area contributed by atoms with Gasteiger partial charge < -0.3 is 25.2 Å². The average molecular weight is 593 g/mol. The van der Waals surface area contributed by atoms with Gasteiger partial charge in [0, 0.05) is 74.3 Å². The van der Waals surface area contributed by atoms with E-state index in [0.29, 0.717) is 28.2 Å². The minimum absolute atomic E-state index is 0.0267. The third-order valence-electron chi connectivity index (χ3n) is 8.36. The molecular formula is C32H41ClN6O3. The molecule has 0 aromatic heterocycles. The number of ether oxygens (including phenoxy) is 1. The first-order valence-electron chi connectivity index (χ1n) is 14.9. The monoisotopic (exact) mass is 592 g/mol. The third kappa shape index (κ3) is 7.47. The van der Waals surface area contributed by atoms with E-state index in [1.54, 1.807) is 17.0 Å². The minimum Gasteiger partial charge on any atom is -0.444 e. The lowest BCUT2D eigenvalue weighted by atomic mass is 9.90. The molecule has 224 valence electrons. The van der Waals surface area contributed by atoms with Gasteiger partial charge in [0.15, 0.2) is 0 Å². The van der Waals surface area contributed by atoms with Gasteiger partial charge in [0.1, 0.15) is 11.7 Å². The molecule has 5 rings (SSSR count). The molecule has 2 aromatic rings. The zero-order valence-electron chi connectivity index (χ0n) is 24.7. The highest BCUT2D eigenvalue weighted by Crippen LogP contribution is 2.26. The molecule has 0 spiro atoms. The molecule has 1 saturated carbocycles. The molecule has 2 N–H and O–H groups in total. The van der Waals surface area contributed by atoms with Gasteiger partial charge in [0.2, 0.25) is 0 Å². The molecule has 3 fully saturated rings. The maximum atomic E-state index is 13.0. The van der Waals surface area contributed by atoms with Gasteiger partial charge in [-0.2, -0.15) is 5.26 Å². The van der Waals surface area contributed by atoms with Gasteiger partial charge in [-0.15, -0.1) is 0 Å². The van der Waals surface area contributed by atoms with E-state index in [1.165, 1.54) is 0 Å². The van der Waals surface area contributed by atoms with Crippen LogP contribution >= 0.6 is 11.6 Å². The van der Waals surface area contributed by atoms with Crippen molar-refractivity contribution in [3.05, 3.63) is 58.6 Å². The van der Waals surface area contributed by atoms with Crippen molar-refractivity contribution >= 4 is 35.0 Å². The molecule has 2 amide bonds. The van der Waals surface area contributed by atoms with Crippen LogP contribution in [0.1, 0.15) is 62.4 Å². The number of likely N-dealkylation sites (tertiary alicyclic amines) is 1. The van der Waals surface area contributed by atoms with Crippen molar-refractivity contribution in [3.63, 3.8) is 0 Å². The summed E-state index contributed by atoms with van der Waals surface area (Å²) < 4.78 is 5.47. The Labute approximate surface area is 253 Å². The predicted octanol–water partition coefficient (Wildman–Crippen LogP) is 5.11. The summed E-state index contributed by atoms with van der Waals surface area (Å²) in [6, 6.07) is 16.3. The highest BCUT2D eigenvalue weighted by atomic mass is 35.5. The molecule has 10 heteroatoms. The fraction of sp³-hybridized carbons (Fsp3) is 0.531. The number of halogens is 1. The number of rotatable bonds is 6. The lowest BCUT2D eigenvalue weighted by molar-refractivity contribution is -0.0162. The first-order valence-corrected chi connectivity index (χ1v) is 15.3. The number of carbonyl (C=O) groups excluding carboxylic acids is 2. The number of benzene rings is 2. The molecule has 0 atom stereocenters. The van der Waals surface area contributed by atoms with Crippen molar-refractivity contribution in [2.75, 3.05) is 49.5 Å². The fourth-order valence-corrected chi connectivity index (χ4v) is 6.14. The Morgan fingerprint density at radius 1 is 0.952 bits per heavy atom. The Hall–Kier alpha value is -3.48. The summed E-state index contributed by atoms with van der Waals surface area (Å²) in [5, 5.41) is 16.2. The van der Waals surface area contributed by atoms with Crippen molar-refractivity contribution in [1.82, 2.24) is 15.1 Å². The van der Waals surface area contributed by atoms with E-state index in [-0.39, 0.29) is 18.0 Å². The highest BCUT2D eigenvalue weighted by Gasteiger charge is 2.38. The summed E-state index contributed by atoms with van der Waals surface area (Å²) in [5.74, 6) is -0.0267. The van der Waals surface area contributed by atoms with Crippen molar-refractivity contribution in [1.29, 1.82) is 5.26 Å². The normalized spacial score (nSPS) is 21.7. The van der Waals surface area contributed by atoms with E-state index in [2.05, 4.69) is 26.5 Å². The second-order valence-electron chi connectivity index (χ2n) is 12.6. The number of anilines is 2. The maximum Gasteiger partial charge on any atom is 0.410 e. The minimum atomic E-state index is -0.466. The van der Waals surface area contributed by atoms with Crippen LogP contribution in [-0.4, -0.2) is 84.8 Å². The molecule has 0 unspecified atom stereocenters. The standard InChI is InChI=1S/C32H41ClN6O3/c1-32(2,3)42-31(41)39-20-28(21-39)38-16-14-37(15-17-38)27-12-5-22(6-13-27)30(40)36-25-10-8-24(9-11-25)35-26-7-4-23(19-34)29(33)18-26/h4-7,12-13,18,24-25,28,35H,8-11,14-17,20-21H2,1-3H3,(H,36,40)/t24-,25-. The number of nitriles is 1. The molecule has 2 aromatic carbocycles. The van der Waals surface area contributed by atoms with Gasteiger partial charge in [0.05, 0.1) is 10.6 Å². The van der Waals surface area contributed by atoms with Crippen LogP contribution in [0.5, 0.6) is 0 Å². The largest absolute Gasteiger partial charge is 0.444 e. The number of amides is 2. The molecule has 2 saturated heterocycles. The Balaban J connectivity index is 1.02. The number of nitrogens with one attached hydrogen (secondary N) is 2. The summed E-state index contributed by atoms with van der Waals surface area (Å²) in [5.41, 5.74) is 2.74. The van der Waals surface area contributed by atoms with E-state index >= 15 is 0 Å². The van der Waals surface area contributed by atoms with Crippen molar-refractivity contribution in [3.8, 4) is 6.07 Å². The molecule has 0 bridgehead atoms. The number of nitrogens with zero attached hydrogens (tertiary/aromatic N) is 4. The SMILES string of the molecule is CC(C)(C)OC(=O)N1CC(N2CCN(c3ccc(C(=O)N[C@H]4CC[C@H](Nc5ccc(C#N)c(Cl)c5)CC4)cc3)CC2)C1. The van der Waals surface area contributed by atoms with Crippen LogP contribution in [0.3, 0.4) is 0 Å². The van der Waals surface area contributed by atoms with Gasteiger partial charge >= 0.3 is 6.09 Å². The lowest BCUT2D eigenvalue weighted by Crippen LogP contribution is -2.64. The topological polar surface area (TPSA) is 101 Å². The number of piperazine rings is 1. The van der Waals surface area contributed by atoms with Crippen LogP contribution in [0.4, 0.5) is 16.2 Å². The highest BCUT2D eigenvalue weighted by molar-refractivity contribution is 6.32. The Morgan fingerprint density at radius 3 is 2.19 bits per heavy atom.